The van der Waals surface area contributed by atoms with Crippen LogP contribution >= 0.6 is 0 Å². The lowest BCUT2D eigenvalue weighted by Gasteiger charge is -2.14. The van der Waals surface area contributed by atoms with Gasteiger partial charge >= 0.3 is 11.9 Å². The van der Waals surface area contributed by atoms with Crippen LogP contribution in [0.4, 0.5) is 0 Å². The maximum absolute atomic E-state index is 11.4. The molecular formula is C12H12O3. The maximum Gasteiger partial charge on any atom is 0.317 e. The number of carbonyl (C=O) groups excluding carboxylic acids is 2. The van der Waals surface area contributed by atoms with Gasteiger partial charge in [-0.1, -0.05) is 37.3 Å². The first-order valence-corrected chi connectivity index (χ1v) is 4.98. The molecule has 2 atom stereocenters. The van der Waals surface area contributed by atoms with Gasteiger partial charge in [-0.3, -0.25) is 9.59 Å². The molecule has 3 nitrogen and oxygen atoms in total. The van der Waals surface area contributed by atoms with Crippen molar-refractivity contribution >= 4 is 11.9 Å². The van der Waals surface area contributed by atoms with Crippen LogP contribution in [0.2, 0.25) is 0 Å². The lowest BCUT2D eigenvalue weighted by atomic mass is 9.87. The summed E-state index contributed by atoms with van der Waals surface area (Å²) in [5, 5.41) is 0. The van der Waals surface area contributed by atoms with E-state index in [-0.39, 0.29) is 18.3 Å². The van der Waals surface area contributed by atoms with E-state index < -0.39 is 11.9 Å². The standard InChI is InChI=1S/C12H12O3/c1-8(9-5-3-2-4-6-9)10-7-11(13)15-12(10)14/h2-6,8,10H,7H2,1H3/t8-,10-/m1/s1. The smallest absolute Gasteiger partial charge is 0.317 e. The molecule has 1 aromatic rings. The minimum atomic E-state index is -0.409. The first-order chi connectivity index (χ1) is 7.18. The monoisotopic (exact) mass is 204 g/mol. The van der Waals surface area contributed by atoms with Crippen molar-refractivity contribution in [2.24, 2.45) is 5.92 Å². The second-order valence-corrected chi connectivity index (χ2v) is 3.80. The second-order valence-electron chi connectivity index (χ2n) is 3.80. The van der Waals surface area contributed by atoms with Crippen LogP contribution in [0.1, 0.15) is 24.8 Å². The van der Waals surface area contributed by atoms with Crippen LogP contribution in [0.25, 0.3) is 0 Å². The molecule has 78 valence electrons. The normalized spacial score (nSPS) is 22.6. The molecule has 15 heavy (non-hydrogen) atoms. The molecule has 0 bridgehead atoms. The Balaban J connectivity index is 2.18. The lowest BCUT2D eigenvalue weighted by Crippen LogP contribution is -2.15. The summed E-state index contributed by atoms with van der Waals surface area (Å²) in [4.78, 5) is 22.3. The molecule has 0 N–H and O–H groups in total. The second kappa shape index (κ2) is 3.85. The molecule has 2 rings (SSSR count). The van der Waals surface area contributed by atoms with Gasteiger partial charge in [-0.25, -0.2) is 0 Å². The summed E-state index contributed by atoms with van der Waals surface area (Å²) in [6.07, 6.45) is 0.203. The number of benzene rings is 1. The third-order valence-corrected chi connectivity index (χ3v) is 2.83. The number of hydrogen-bond acceptors (Lipinski definition) is 3. The highest BCUT2D eigenvalue weighted by Gasteiger charge is 2.37. The molecule has 0 aliphatic carbocycles. The van der Waals surface area contributed by atoms with Crippen molar-refractivity contribution < 1.29 is 14.3 Å². The SMILES string of the molecule is C[C@H](c1ccccc1)[C@H]1CC(=O)OC1=O. The van der Waals surface area contributed by atoms with E-state index in [1.54, 1.807) is 0 Å². The molecule has 0 saturated carbocycles. The van der Waals surface area contributed by atoms with Crippen molar-refractivity contribution in [3.8, 4) is 0 Å². The molecule has 0 aromatic heterocycles. The van der Waals surface area contributed by atoms with Gasteiger partial charge in [0.25, 0.3) is 0 Å². The fraction of sp³-hybridized carbons (Fsp3) is 0.333. The van der Waals surface area contributed by atoms with Crippen molar-refractivity contribution in [2.45, 2.75) is 19.3 Å². The molecule has 3 heteroatoms. The van der Waals surface area contributed by atoms with Crippen molar-refractivity contribution in [1.29, 1.82) is 0 Å². The van der Waals surface area contributed by atoms with E-state index >= 15 is 0 Å². The van der Waals surface area contributed by atoms with Gasteiger partial charge in [0, 0.05) is 0 Å². The third-order valence-electron chi connectivity index (χ3n) is 2.83. The topological polar surface area (TPSA) is 43.4 Å². The van der Waals surface area contributed by atoms with Gasteiger partial charge < -0.3 is 4.74 Å². The summed E-state index contributed by atoms with van der Waals surface area (Å²) < 4.78 is 4.54. The number of rotatable bonds is 2. The van der Waals surface area contributed by atoms with Gasteiger partial charge in [-0.05, 0) is 11.5 Å². The average Bonchev–Trinajstić information content (AvgIpc) is 2.58. The lowest BCUT2D eigenvalue weighted by molar-refractivity contribution is -0.153. The quantitative estimate of drug-likeness (QED) is 0.545. The van der Waals surface area contributed by atoms with E-state index in [1.807, 2.05) is 37.3 Å². The van der Waals surface area contributed by atoms with Gasteiger partial charge in [0.1, 0.15) is 0 Å². The zero-order valence-electron chi connectivity index (χ0n) is 8.47. The first kappa shape index (κ1) is 9.90. The number of esters is 2. The molecule has 0 radical (unpaired) electrons. The van der Waals surface area contributed by atoms with Gasteiger partial charge in [0.05, 0.1) is 12.3 Å². The van der Waals surface area contributed by atoms with E-state index in [4.69, 9.17) is 0 Å². The van der Waals surface area contributed by atoms with E-state index in [0.29, 0.717) is 0 Å². The average molecular weight is 204 g/mol. The third kappa shape index (κ3) is 1.91. The highest BCUT2D eigenvalue weighted by molar-refractivity contribution is 5.95. The van der Waals surface area contributed by atoms with Gasteiger partial charge in [0.15, 0.2) is 0 Å². The van der Waals surface area contributed by atoms with Crippen LogP contribution in [-0.2, 0) is 14.3 Å². The summed E-state index contributed by atoms with van der Waals surface area (Å²) in [5.41, 5.74) is 1.06. The molecule has 1 aromatic carbocycles. The fourth-order valence-electron chi connectivity index (χ4n) is 1.86. The summed E-state index contributed by atoms with van der Waals surface area (Å²) in [5.74, 6) is -1.09. The maximum atomic E-state index is 11.4. The van der Waals surface area contributed by atoms with Crippen LogP contribution in [0.15, 0.2) is 30.3 Å². The Morgan fingerprint density at radius 1 is 1.27 bits per heavy atom. The Labute approximate surface area is 88.1 Å². The van der Waals surface area contributed by atoms with Crippen molar-refractivity contribution in [1.82, 2.24) is 0 Å². The van der Waals surface area contributed by atoms with Crippen LogP contribution in [0, 0.1) is 5.92 Å². The molecule has 0 spiro atoms. The minimum absolute atomic E-state index is 0.0325. The van der Waals surface area contributed by atoms with Crippen LogP contribution in [-0.4, -0.2) is 11.9 Å². The Morgan fingerprint density at radius 2 is 1.93 bits per heavy atom. The fourth-order valence-corrected chi connectivity index (χ4v) is 1.86. The number of carbonyl (C=O) groups is 2. The highest BCUT2D eigenvalue weighted by atomic mass is 16.6. The molecule has 1 fully saturated rings. The summed E-state index contributed by atoms with van der Waals surface area (Å²) in [7, 11) is 0. The van der Waals surface area contributed by atoms with E-state index in [0.717, 1.165) is 5.56 Å². The van der Waals surface area contributed by atoms with E-state index in [9.17, 15) is 9.59 Å². The largest absolute Gasteiger partial charge is 0.393 e. The predicted octanol–water partition coefficient (Wildman–Crippen LogP) is 1.88. The summed E-state index contributed by atoms with van der Waals surface area (Å²) in [6, 6.07) is 9.69. The number of cyclic esters (lactones) is 2. The summed E-state index contributed by atoms with van der Waals surface area (Å²) >= 11 is 0. The number of ether oxygens (including phenoxy) is 1. The first-order valence-electron chi connectivity index (χ1n) is 4.98. The van der Waals surface area contributed by atoms with Gasteiger partial charge in [-0.2, -0.15) is 0 Å². The van der Waals surface area contributed by atoms with Gasteiger partial charge in [0.2, 0.25) is 0 Å². The number of hydrogen-bond donors (Lipinski definition) is 0. The van der Waals surface area contributed by atoms with Crippen LogP contribution in [0.5, 0.6) is 0 Å². The van der Waals surface area contributed by atoms with Crippen molar-refractivity contribution in [2.75, 3.05) is 0 Å². The molecule has 1 aliphatic rings. The molecule has 0 unspecified atom stereocenters. The van der Waals surface area contributed by atoms with E-state index in [1.165, 1.54) is 0 Å². The molecule has 0 amide bonds. The predicted molar refractivity (Wildman–Crippen MR) is 54.1 cm³/mol. The van der Waals surface area contributed by atoms with Crippen molar-refractivity contribution in [3.63, 3.8) is 0 Å². The Kier molecular flexibility index (Phi) is 2.54. The zero-order valence-corrected chi connectivity index (χ0v) is 8.47. The van der Waals surface area contributed by atoms with Crippen LogP contribution < -0.4 is 0 Å². The highest BCUT2D eigenvalue weighted by Crippen LogP contribution is 2.31. The van der Waals surface area contributed by atoms with Crippen molar-refractivity contribution in [3.05, 3.63) is 35.9 Å². The summed E-state index contributed by atoms with van der Waals surface area (Å²) in [6.45, 7) is 1.94. The Bertz CT molecular complexity index is 383. The molecular weight excluding hydrogens is 192 g/mol. The minimum Gasteiger partial charge on any atom is -0.393 e. The van der Waals surface area contributed by atoms with Gasteiger partial charge in [-0.15, -0.1) is 0 Å². The Morgan fingerprint density at radius 3 is 2.47 bits per heavy atom. The zero-order chi connectivity index (χ0) is 10.8. The van der Waals surface area contributed by atoms with E-state index in [2.05, 4.69) is 4.74 Å². The van der Waals surface area contributed by atoms with Crippen LogP contribution in [0.3, 0.4) is 0 Å². The Hall–Kier alpha value is -1.64. The molecule has 1 aliphatic heterocycles. The molecule has 1 heterocycles. The molecule has 1 saturated heterocycles.